The Balaban J connectivity index is 2.03. The van der Waals surface area contributed by atoms with Gasteiger partial charge in [0.2, 0.25) is 0 Å². The van der Waals surface area contributed by atoms with Crippen molar-refractivity contribution >= 4 is 23.5 Å². The van der Waals surface area contributed by atoms with Crippen LogP contribution in [0.5, 0.6) is 0 Å². The lowest BCUT2D eigenvalue weighted by Gasteiger charge is -2.24. The van der Waals surface area contributed by atoms with E-state index in [1.165, 1.54) is 14.0 Å². The van der Waals surface area contributed by atoms with E-state index in [1.807, 2.05) is 24.3 Å². The van der Waals surface area contributed by atoms with E-state index in [0.29, 0.717) is 12.8 Å². The molecular weight excluding hydrogens is 440 g/mol. The SMILES string of the molecule is CCCCC[C@@H](OC(C)=O)c1ccc([C@@H]2[C@@H](C/C=C\CCCC(=O)OC)[C@H](Cl)C[C@H]2O)cc1. The predicted molar refractivity (Wildman–Crippen MR) is 131 cm³/mol. The maximum atomic E-state index is 11.6. The number of benzene rings is 1. The van der Waals surface area contributed by atoms with Gasteiger partial charge in [-0.25, -0.2) is 0 Å². The number of methoxy groups -OCH3 is 1. The van der Waals surface area contributed by atoms with E-state index in [2.05, 4.69) is 23.8 Å². The number of esters is 2. The summed E-state index contributed by atoms with van der Waals surface area (Å²) >= 11 is 6.62. The van der Waals surface area contributed by atoms with Gasteiger partial charge >= 0.3 is 11.9 Å². The summed E-state index contributed by atoms with van der Waals surface area (Å²) in [6, 6.07) is 8.12. The third kappa shape index (κ3) is 8.78. The van der Waals surface area contributed by atoms with Crippen LogP contribution in [0.4, 0.5) is 0 Å². The van der Waals surface area contributed by atoms with Crippen LogP contribution in [0.1, 0.15) is 94.8 Å². The van der Waals surface area contributed by atoms with Crippen molar-refractivity contribution in [1.29, 1.82) is 0 Å². The predicted octanol–water partition coefficient (Wildman–Crippen LogP) is 6.23. The summed E-state index contributed by atoms with van der Waals surface area (Å²) in [6.45, 7) is 3.60. The van der Waals surface area contributed by atoms with Crippen LogP contribution in [0.15, 0.2) is 36.4 Å². The van der Waals surface area contributed by atoms with Crippen molar-refractivity contribution in [3.05, 3.63) is 47.5 Å². The molecule has 1 saturated carbocycles. The van der Waals surface area contributed by atoms with Gasteiger partial charge in [0, 0.05) is 24.6 Å². The fourth-order valence-corrected chi connectivity index (χ4v) is 5.11. The highest BCUT2D eigenvalue weighted by Crippen LogP contribution is 2.45. The molecule has 1 aliphatic carbocycles. The summed E-state index contributed by atoms with van der Waals surface area (Å²) in [6.07, 6.45) is 10.9. The summed E-state index contributed by atoms with van der Waals surface area (Å²) in [5.41, 5.74) is 2.05. The van der Waals surface area contributed by atoms with E-state index < -0.39 is 6.10 Å². The quantitative estimate of drug-likeness (QED) is 0.157. The number of unbranched alkanes of at least 4 members (excludes halogenated alkanes) is 3. The Kier molecular flexibility index (Phi) is 12.0. The summed E-state index contributed by atoms with van der Waals surface area (Å²) in [4.78, 5) is 22.8. The van der Waals surface area contributed by atoms with Gasteiger partial charge in [0.1, 0.15) is 6.10 Å². The Morgan fingerprint density at radius 1 is 1.18 bits per heavy atom. The second-order valence-corrected chi connectivity index (χ2v) is 9.51. The van der Waals surface area contributed by atoms with E-state index in [-0.39, 0.29) is 35.3 Å². The number of alkyl halides is 1. The van der Waals surface area contributed by atoms with Gasteiger partial charge in [-0.05, 0) is 55.6 Å². The van der Waals surface area contributed by atoms with Crippen LogP contribution < -0.4 is 0 Å². The first-order valence-corrected chi connectivity index (χ1v) is 12.6. The standard InChI is InChI=1S/C27H39ClO5/c1-4-5-8-12-25(33-19(2)29)20-14-16-21(17-15-20)27-22(23(28)18-24(27)30)11-9-6-7-10-13-26(31)32-3/h6,9,14-17,22-25,27,30H,4-5,7-8,10-13,18H2,1-3H3/b9-6-/t22-,23+,24+,25+,27+/m0/s1. The van der Waals surface area contributed by atoms with Gasteiger partial charge in [-0.3, -0.25) is 9.59 Å². The monoisotopic (exact) mass is 478 g/mol. The molecule has 1 aromatic carbocycles. The fraction of sp³-hybridized carbons (Fsp3) is 0.630. The molecule has 0 amide bonds. The molecule has 0 aliphatic heterocycles. The fourth-order valence-electron chi connectivity index (χ4n) is 4.67. The van der Waals surface area contributed by atoms with Gasteiger partial charge in [-0.1, -0.05) is 56.2 Å². The maximum absolute atomic E-state index is 11.6. The van der Waals surface area contributed by atoms with Crippen LogP contribution in [-0.2, 0) is 19.1 Å². The lowest BCUT2D eigenvalue weighted by atomic mass is 9.84. The van der Waals surface area contributed by atoms with Gasteiger partial charge in [0.15, 0.2) is 0 Å². The molecule has 0 saturated heterocycles. The number of aliphatic hydroxyl groups excluding tert-OH is 1. The highest BCUT2D eigenvalue weighted by atomic mass is 35.5. The van der Waals surface area contributed by atoms with Gasteiger partial charge < -0.3 is 14.6 Å². The molecule has 1 aromatic rings. The zero-order chi connectivity index (χ0) is 24.2. The number of ether oxygens (including phenoxy) is 2. The smallest absolute Gasteiger partial charge is 0.305 e. The molecule has 184 valence electrons. The van der Waals surface area contributed by atoms with Crippen LogP contribution >= 0.6 is 11.6 Å². The average molecular weight is 479 g/mol. The van der Waals surface area contributed by atoms with Gasteiger partial charge in [-0.2, -0.15) is 0 Å². The summed E-state index contributed by atoms with van der Waals surface area (Å²) in [5, 5.41) is 10.6. The van der Waals surface area contributed by atoms with E-state index in [4.69, 9.17) is 16.3 Å². The summed E-state index contributed by atoms with van der Waals surface area (Å²) in [5.74, 6) is -0.352. The maximum Gasteiger partial charge on any atom is 0.305 e. The molecule has 1 fully saturated rings. The molecule has 33 heavy (non-hydrogen) atoms. The van der Waals surface area contributed by atoms with Gasteiger partial charge in [0.25, 0.3) is 0 Å². The van der Waals surface area contributed by atoms with E-state index >= 15 is 0 Å². The molecule has 1 N–H and O–H groups in total. The molecule has 6 heteroatoms. The molecule has 2 rings (SSSR count). The number of carbonyl (C=O) groups is 2. The zero-order valence-electron chi connectivity index (χ0n) is 20.2. The molecule has 0 bridgehead atoms. The Labute approximate surface area is 203 Å². The molecule has 0 aromatic heterocycles. The normalized spacial score (nSPS) is 23.5. The number of aliphatic hydroxyl groups is 1. The molecule has 0 heterocycles. The van der Waals surface area contributed by atoms with Crippen molar-refractivity contribution in [2.75, 3.05) is 7.11 Å². The molecule has 0 radical (unpaired) electrons. The van der Waals surface area contributed by atoms with Crippen LogP contribution in [0.2, 0.25) is 0 Å². The molecular formula is C27H39ClO5. The van der Waals surface area contributed by atoms with Gasteiger partial charge in [0.05, 0.1) is 13.2 Å². The van der Waals surface area contributed by atoms with Crippen molar-refractivity contribution in [2.24, 2.45) is 5.92 Å². The highest BCUT2D eigenvalue weighted by Gasteiger charge is 2.41. The zero-order valence-corrected chi connectivity index (χ0v) is 20.9. The minimum atomic E-state index is -0.482. The van der Waals surface area contributed by atoms with E-state index in [9.17, 15) is 14.7 Å². The van der Waals surface area contributed by atoms with Crippen molar-refractivity contribution in [2.45, 2.75) is 95.1 Å². The van der Waals surface area contributed by atoms with E-state index in [1.54, 1.807) is 0 Å². The van der Waals surface area contributed by atoms with Crippen LogP contribution in [0.3, 0.4) is 0 Å². The Morgan fingerprint density at radius 2 is 1.91 bits per heavy atom. The first-order chi connectivity index (χ1) is 15.9. The number of hydrogen-bond acceptors (Lipinski definition) is 5. The molecule has 1 aliphatic rings. The Bertz CT molecular complexity index is 760. The van der Waals surface area contributed by atoms with Gasteiger partial charge in [-0.15, -0.1) is 11.6 Å². The summed E-state index contributed by atoms with van der Waals surface area (Å²) in [7, 11) is 1.40. The minimum absolute atomic E-state index is 0.0338. The lowest BCUT2D eigenvalue weighted by Crippen LogP contribution is -2.18. The summed E-state index contributed by atoms with van der Waals surface area (Å²) < 4.78 is 10.2. The Morgan fingerprint density at radius 3 is 2.55 bits per heavy atom. The number of halogens is 1. The first-order valence-electron chi connectivity index (χ1n) is 12.2. The van der Waals surface area contributed by atoms with E-state index in [0.717, 1.165) is 56.1 Å². The number of allylic oxidation sites excluding steroid dienone is 2. The Hall–Kier alpha value is -1.85. The second kappa shape index (κ2) is 14.4. The third-order valence-corrected chi connectivity index (χ3v) is 6.93. The molecule has 0 unspecified atom stereocenters. The first kappa shape index (κ1) is 27.4. The van der Waals surface area contributed by atoms with Crippen LogP contribution in [0, 0.1) is 5.92 Å². The van der Waals surface area contributed by atoms with Crippen LogP contribution in [0.25, 0.3) is 0 Å². The van der Waals surface area contributed by atoms with Crippen molar-refractivity contribution in [1.82, 2.24) is 0 Å². The number of rotatable bonds is 13. The molecule has 5 atom stereocenters. The number of hydrogen-bond donors (Lipinski definition) is 1. The molecule has 5 nitrogen and oxygen atoms in total. The average Bonchev–Trinajstić information content (AvgIpc) is 3.07. The van der Waals surface area contributed by atoms with Crippen molar-refractivity contribution in [3.8, 4) is 0 Å². The lowest BCUT2D eigenvalue weighted by molar-refractivity contribution is -0.147. The van der Waals surface area contributed by atoms with Crippen LogP contribution in [-0.4, -0.2) is 35.6 Å². The second-order valence-electron chi connectivity index (χ2n) is 8.94. The molecule has 0 spiro atoms. The largest absolute Gasteiger partial charge is 0.469 e. The third-order valence-electron chi connectivity index (χ3n) is 6.43. The minimum Gasteiger partial charge on any atom is -0.469 e. The van der Waals surface area contributed by atoms with Crippen molar-refractivity contribution in [3.63, 3.8) is 0 Å². The topological polar surface area (TPSA) is 72.8 Å². The highest BCUT2D eigenvalue weighted by molar-refractivity contribution is 6.21. The number of carbonyl (C=O) groups excluding carboxylic acids is 2. The van der Waals surface area contributed by atoms with Crippen molar-refractivity contribution < 1.29 is 24.2 Å².